The average molecular weight is 558 g/mol. The van der Waals surface area contributed by atoms with E-state index in [1.54, 1.807) is 6.07 Å². The van der Waals surface area contributed by atoms with Crippen molar-refractivity contribution in [2.24, 2.45) is 11.8 Å². The summed E-state index contributed by atoms with van der Waals surface area (Å²) in [7, 11) is 0. The molecule has 2 aromatic carbocycles. The molecule has 1 aliphatic rings. The first-order valence-electron chi connectivity index (χ1n) is 13.5. The summed E-state index contributed by atoms with van der Waals surface area (Å²) < 4.78 is 6.04. The van der Waals surface area contributed by atoms with Crippen LogP contribution in [0.1, 0.15) is 64.2 Å². The largest absolute Gasteiger partial charge is 0.440 e. The Morgan fingerprint density at radius 2 is 1.85 bits per heavy atom. The second-order valence-corrected chi connectivity index (χ2v) is 11.6. The fourth-order valence-electron chi connectivity index (χ4n) is 4.98. The fraction of sp³-hybridized carbons (Fsp3) is 0.500. The average Bonchev–Trinajstić information content (AvgIpc) is 3.30. The van der Waals surface area contributed by atoms with Gasteiger partial charge in [-0.2, -0.15) is 0 Å². The molecule has 0 radical (unpaired) electrons. The van der Waals surface area contributed by atoms with Crippen molar-refractivity contribution >= 4 is 29.5 Å². The molecule has 1 heterocycles. The molecule has 4 N–H and O–H groups in total. The summed E-state index contributed by atoms with van der Waals surface area (Å²) in [6, 6.07) is 15.4. The SMILES string of the molecule is CC(C)C[C@H](NC(=O)O[C@@H](c1ccccc1)C(C)(C)c1cccc(Cl)c1)C(=O)N[C@H](CO)C[C@@H]1CCNC1=O. The fourth-order valence-corrected chi connectivity index (χ4v) is 5.17. The van der Waals surface area contributed by atoms with Crippen molar-refractivity contribution in [3.63, 3.8) is 0 Å². The number of rotatable bonds is 12. The molecule has 0 spiro atoms. The van der Waals surface area contributed by atoms with E-state index in [-0.39, 0.29) is 24.3 Å². The zero-order valence-electron chi connectivity index (χ0n) is 23.1. The molecule has 0 aromatic heterocycles. The van der Waals surface area contributed by atoms with Gasteiger partial charge in [-0.05, 0) is 48.4 Å². The van der Waals surface area contributed by atoms with Crippen LogP contribution in [-0.2, 0) is 19.7 Å². The van der Waals surface area contributed by atoms with Gasteiger partial charge in [0.1, 0.15) is 12.1 Å². The quantitative estimate of drug-likeness (QED) is 0.306. The number of carbonyl (C=O) groups excluding carboxylic acids is 3. The van der Waals surface area contributed by atoms with Crippen molar-refractivity contribution < 1.29 is 24.2 Å². The number of aliphatic hydroxyl groups excluding tert-OH is 1. The molecule has 1 aliphatic heterocycles. The van der Waals surface area contributed by atoms with Gasteiger partial charge in [-0.1, -0.05) is 81.8 Å². The van der Waals surface area contributed by atoms with E-state index >= 15 is 0 Å². The molecule has 2 aromatic rings. The van der Waals surface area contributed by atoms with Gasteiger partial charge >= 0.3 is 6.09 Å². The monoisotopic (exact) mass is 557 g/mol. The van der Waals surface area contributed by atoms with Gasteiger partial charge in [-0.3, -0.25) is 9.59 Å². The number of halogens is 1. The predicted octanol–water partition coefficient (Wildman–Crippen LogP) is 4.50. The van der Waals surface area contributed by atoms with Crippen LogP contribution >= 0.6 is 11.6 Å². The molecule has 0 unspecified atom stereocenters. The second kappa shape index (κ2) is 13.8. The Morgan fingerprint density at radius 1 is 1.13 bits per heavy atom. The van der Waals surface area contributed by atoms with E-state index in [2.05, 4.69) is 16.0 Å². The minimum atomic E-state index is -0.880. The van der Waals surface area contributed by atoms with Crippen LogP contribution in [0.2, 0.25) is 5.02 Å². The van der Waals surface area contributed by atoms with E-state index in [1.807, 2.05) is 76.2 Å². The number of amides is 3. The summed E-state index contributed by atoms with van der Waals surface area (Å²) in [4.78, 5) is 38.5. The Hall–Kier alpha value is -3.10. The van der Waals surface area contributed by atoms with E-state index in [9.17, 15) is 19.5 Å². The highest BCUT2D eigenvalue weighted by Crippen LogP contribution is 2.40. The molecule has 0 bridgehead atoms. The first kappa shape index (κ1) is 30.4. The molecule has 1 fully saturated rings. The highest BCUT2D eigenvalue weighted by atomic mass is 35.5. The first-order chi connectivity index (χ1) is 18.5. The number of ether oxygens (including phenoxy) is 1. The van der Waals surface area contributed by atoms with Crippen molar-refractivity contribution in [3.05, 3.63) is 70.7 Å². The van der Waals surface area contributed by atoms with Gasteiger partial charge in [0.05, 0.1) is 12.6 Å². The van der Waals surface area contributed by atoms with Crippen LogP contribution in [-0.4, -0.2) is 48.2 Å². The van der Waals surface area contributed by atoms with Crippen LogP contribution in [0.15, 0.2) is 54.6 Å². The zero-order valence-corrected chi connectivity index (χ0v) is 23.8. The number of hydrogen-bond acceptors (Lipinski definition) is 5. The van der Waals surface area contributed by atoms with Gasteiger partial charge < -0.3 is 25.8 Å². The Balaban J connectivity index is 1.77. The summed E-state index contributed by atoms with van der Waals surface area (Å²) in [6.07, 6.45) is -0.0383. The molecule has 0 saturated carbocycles. The zero-order chi connectivity index (χ0) is 28.6. The lowest BCUT2D eigenvalue weighted by atomic mass is 9.76. The van der Waals surface area contributed by atoms with E-state index in [1.165, 1.54) is 0 Å². The molecule has 3 amide bonds. The van der Waals surface area contributed by atoms with Crippen LogP contribution < -0.4 is 16.0 Å². The van der Waals surface area contributed by atoms with E-state index < -0.39 is 35.6 Å². The van der Waals surface area contributed by atoms with Gasteiger partial charge in [0.2, 0.25) is 11.8 Å². The third-order valence-corrected chi connectivity index (χ3v) is 7.40. The molecular weight excluding hydrogens is 518 g/mol. The minimum absolute atomic E-state index is 0.0718. The Morgan fingerprint density at radius 3 is 2.44 bits per heavy atom. The predicted molar refractivity (Wildman–Crippen MR) is 151 cm³/mol. The minimum Gasteiger partial charge on any atom is -0.440 e. The van der Waals surface area contributed by atoms with Crippen molar-refractivity contribution in [2.75, 3.05) is 13.2 Å². The number of aliphatic hydroxyl groups is 1. The second-order valence-electron chi connectivity index (χ2n) is 11.2. The van der Waals surface area contributed by atoms with Gasteiger partial charge in [0.25, 0.3) is 0 Å². The first-order valence-corrected chi connectivity index (χ1v) is 13.9. The van der Waals surface area contributed by atoms with Crippen LogP contribution in [0.5, 0.6) is 0 Å². The number of benzene rings is 2. The van der Waals surface area contributed by atoms with Crippen molar-refractivity contribution in [3.8, 4) is 0 Å². The summed E-state index contributed by atoms with van der Waals surface area (Å²) in [5, 5.41) is 18.8. The lowest BCUT2D eigenvalue weighted by Gasteiger charge is -2.35. The highest BCUT2D eigenvalue weighted by molar-refractivity contribution is 6.30. The van der Waals surface area contributed by atoms with E-state index in [0.29, 0.717) is 30.8 Å². The van der Waals surface area contributed by atoms with Crippen molar-refractivity contribution in [1.82, 2.24) is 16.0 Å². The molecule has 0 aliphatic carbocycles. The lowest BCUT2D eigenvalue weighted by Crippen LogP contribution is -2.52. The molecular formula is C30H40ClN3O5. The molecule has 8 nitrogen and oxygen atoms in total. The van der Waals surface area contributed by atoms with Gasteiger partial charge in [0.15, 0.2) is 0 Å². The standard InChI is InChI=1S/C30H40ClN3O5/c1-19(2)15-25(28(37)33-24(18-35)16-21-13-14-32-27(21)36)34-29(38)39-26(20-9-6-5-7-10-20)30(3,4)22-11-8-12-23(31)17-22/h5-12,17,19,21,24-26,35H,13-16,18H2,1-4H3,(H,32,36)(H,33,37)(H,34,38)/t21-,24-,25-,26-/m0/s1. The van der Waals surface area contributed by atoms with Gasteiger partial charge in [0, 0.05) is 22.9 Å². The Kier molecular flexibility index (Phi) is 10.8. The summed E-state index contributed by atoms with van der Waals surface area (Å²) in [6.45, 7) is 8.15. The number of carbonyl (C=O) groups is 3. The summed E-state index contributed by atoms with van der Waals surface area (Å²) >= 11 is 6.27. The lowest BCUT2D eigenvalue weighted by molar-refractivity contribution is -0.126. The maximum Gasteiger partial charge on any atom is 0.408 e. The van der Waals surface area contributed by atoms with Crippen LogP contribution in [0.3, 0.4) is 0 Å². The molecule has 3 rings (SSSR count). The third kappa shape index (κ3) is 8.44. The molecule has 9 heteroatoms. The Labute approximate surface area is 235 Å². The topological polar surface area (TPSA) is 117 Å². The van der Waals surface area contributed by atoms with Crippen LogP contribution in [0.4, 0.5) is 4.79 Å². The van der Waals surface area contributed by atoms with Gasteiger partial charge in [-0.25, -0.2) is 4.79 Å². The molecule has 39 heavy (non-hydrogen) atoms. The molecule has 212 valence electrons. The van der Waals surface area contributed by atoms with Crippen molar-refractivity contribution in [1.29, 1.82) is 0 Å². The maximum atomic E-state index is 13.3. The Bertz CT molecular complexity index is 1120. The highest BCUT2D eigenvalue weighted by Gasteiger charge is 2.37. The smallest absolute Gasteiger partial charge is 0.408 e. The van der Waals surface area contributed by atoms with Gasteiger partial charge in [-0.15, -0.1) is 0 Å². The van der Waals surface area contributed by atoms with E-state index in [4.69, 9.17) is 16.3 Å². The molecule has 4 atom stereocenters. The van der Waals surface area contributed by atoms with E-state index in [0.717, 1.165) is 11.1 Å². The van der Waals surface area contributed by atoms with Crippen molar-refractivity contribution in [2.45, 2.75) is 70.6 Å². The summed E-state index contributed by atoms with van der Waals surface area (Å²) in [5.41, 5.74) is 1.05. The summed E-state index contributed by atoms with van der Waals surface area (Å²) in [5.74, 6) is -0.660. The number of alkyl carbamates (subject to hydrolysis) is 1. The normalized spacial score (nSPS) is 17.7. The van der Waals surface area contributed by atoms with Crippen LogP contribution in [0, 0.1) is 11.8 Å². The van der Waals surface area contributed by atoms with Crippen LogP contribution in [0.25, 0.3) is 0 Å². The third-order valence-electron chi connectivity index (χ3n) is 7.17. The number of hydrogen-bond donors (Lipinski definition) is 4. The number of nitrogens with one attached hydrogen (secondary N) is 3. The molecule has 1 saturated heterocycles. The maximum absolute atomic E-state index is 13.3.